The Hall–Kier alpha value is -2.90. The summed E-state index contributed by atoms with van der Waals surface area (Å²) in [6.07, 6.45) is 0.623. The maximum atomic E-state index is 12.1. The minimum atomic E-state index is -0.323. The van der Waals surface area contributed by atoms with E-state index in [1.807, 2.05) is 6.92 Å². The minimum Gasteiger partial charge on any atom is -0.495 e. The highest BCUT2D eigenvalue weighted by Gasteiger charge is 2.16. The third-order valence-corrected chi connectivity index (χ3v) is 3.56. The highest BCUT2D eigenvalue weighted by molar-refractivity contribution is 5.93. The second kappa shape index (κ2) is 8.81. The van der Waals surface area contributed by atoms with E-state index in [2.05, 4.69) is 15.5 Å². The number of para-hydroxylation sites is 2. The van der Waals surface area contributed by atoms with Crippen molar-refractivity contribution in [3.8, 4) is 5.75 Å². The Kier molecular flexibility index (Phi) is 6.50. The SMILES string of the molecule is CCC(C)C(=O)OCc1nc(CC(=O)Nc2ccccc2OC)no1. The van der Waals surface area contributed by atoms with Crippen LogP contribution in [-0.2, 0) is 27.4 Å². The van der Waals surface area contributed by atoms with Crippen molar-refractivity contribution in [2.45, 2.75) is 33.3 Å². The molecule has 8 nitrogen and oxygen atoms in total. The van der Waals surface area contributed by atoms with E-state index in [1.54, 1.807) is 31.2 Å². The molecule has 2 rings (SSSR count). The summed E-state index contributed by atoms with van der Waals surface area (Å²) in [6.45, 7) is 3.57. The molecule has 0 radical (unpaired) electrons. The number of esters is 1. The summed E-state index contributed by atoms with van der Waals surface area (Å²) in [6, 6.07) is 7.07. The smallest absolute Gasteiger partial charge is 0.309 e. The van der Waals surface area contributed by atoms with Gasteiger partial charge in [-0.05, 0) is 18.6 Å². The van der Waals surface area contributed by atoms with Gasteiger partial charge in [-0.15, -0.1) is 0 Å². The van der Waals surface area contributed by atoms with Crippen LogP contribution in [0.4, 0.5) is 5.69 Å². The quantitative estimate of drug-likeness (QED) is 0.731. The average molecular weight is 347 g/mol. The zero-order valence-electron chi connectivity index (χ0n) is 14.4. The fourth-order valence-corrected chi connectivity index (χ4v) is 1.95. The van der Waals surface area contributed by atoms with Crippen molar-refractivity contribution < 1.29 is 23.6 Å². The van der Waals surface area contributed by atoms with Crippen molar-refractivity contribution in [1.82, 2.24) is 10.1 Å². The first-order valence-corrected chi connectivity index (χ1v) is 7.94. The fraction of sp³-hybridized carbons (Fsp3) is 0.412. The molecule has 0 aliphatic heterocycles. The van der Waals surface area contributed by atoms with Crippen LogP contribution in [0.2, 0.25) is 0 Å². The molecule has 1 aromatic heterocycles. The number of aromatic nitrogens is 2. The highest BCUT2D eigenvalue weighted by atomic mass is 16.6. The second-order valence-electron chi connectivity index (χ2n) is 5.45. The van der Waals surface area contributed by atoms with E-state index in [4.69, 9.17) is 14.0 Å². The molecule has 8 heteroatoms. The Balaban J connectivity index is 1.88. The zero-order chi connectivity index (χ0) is 18.2. The van der Waals surface area contributed by atoms with E-state index >= 15 is 0 Å². The van der Waals surface area contributed by atoms with Crippen LogP contribution < -0.4 is 10.1 Å². The van der Waals surface area contributed by atoms with E-state index in [9.17, 15) is 9.59 Å². The molecule has 1 heterocycles. The molecular formula is C17H21N3O5. The Bertz CT molecular complexity index is 729. The van der Waals surface area contributed by atoms with Crippen LogP contribution >= 0.6 is 0 Å². The molecule has 0 fully saturated rings. The standard InChI is InChI=1S/C17H21N3O5/c1-4-11(2)17(22)24-10-16-19-14(20-25-16)9-15(21)18-12-7-5-6-8-13(12)23-3/h5-8,11H,4,9-10H2,1-3H3,(H,18,21). The number of carbonyl (C=O) groups is 2. The van der Waals surface area contributed by atoms with Crippen LogP contribution in [0, 0.1) is 5.92 Å². The van der Waals surface area contributed by atoms with Gasteiger partial charge in [-0.3, -0.25) is 9.59 Å². The molecule has 134 valence electrons. The Morgan fingerprint density at radius 2 is 2.08 bits per heavy atom. The van der Waals surface area contributed by atoms with Crippen molar-refractivity contribution in [2.24, 2.45) is 5.92 Å². The summed E-state index contributed by atoms with van der Waals surface area (Å²) in [5.41, 5.74) is 0.557. The summed E-state index contributed by atoms with van der Waals surface area (Å²) in [7, 11) is 1.52. The topological polar surface area (TPSA) is 104 Å². The van der Waals surface area contributed by atoms with Crippen LogP contribution in [0.3, 0.4) is 0 Å². The van der Waals surface area contributed by atoms with Gasteiger partial charge in [0.15, 0.2) is 12.4 Å². The van der Waals surface area contributed by atoms with Gasteiger partial charge in [-0.2, -0.15) is 4.98 Å². The normalized spacial score (nSPS) is 11.6. The van der Waals surface area contributed by atoms with Gasteiger partial charge in [-0.1, -0.05) is 31.1 Å². The number of amides is 1. The van der Waals surface area contributed by atoms with E-state index in [-0.39, 0.29) is 42.5 Å². The third-order valence-electron chi connectivity index (χ3n) is 3.56. The maximum Gasteiger partial charge on any atom is 0.309 e. The van der Waals surface area contributed by atoms with Crippen molar-refractivity contribution in [3.63, 3.8) is 0 Å². The number of methoxy groups -OCH3 is 1. The minimum absolute atomic E-state index is 0.0686. The lowest BCUT2D eigenvalue weighted by Gasteiger charge is -2.08. The number of nitrogens with one attached hydrogen (secondary N) is 1. The predicted molar refractivity (Wildman–Crippen MR) is 88.9 cm³/mol. The monoisotopic (exact) mass is 347 g/mol. The molecule has 0 saturated carbocycles. The molecule has 0 aliphatic carbocycles. The molecule has 1 atom stereocenters. The van der Waals surface area contributed by atoms with Crippen molar-refractivity contribution in [1.29, 1.82) is 0 Å². The zero-order valence-corrected chi connectivity index (χ0v) is 14.4. The van der Waals surface area contributed by atoms with Crippen LogP contribution in [0.25, 0.3) is 0 Å². The summed E-state index contributed by atoms with van der Waals surface area (Å²) >= 11 is 0. The summed E-state index contributed by atoms with van der Waals surface area (Å²) in [5, 5.41) is 6.43. The first-order valence-electron chi connectivity index (χ1n) is 7.94. The summed E-state index contributed by atoms with van der Waals surface area (Å²) in [5.74, 6) is 0.0963. The van der Waals surface area contributed by atoms with Gasteiger partial charge < -0.3 is 19.3 Å². The number of carbonyl (C=O) groups excluding carboxylic acids is 2. The Morgan fingerprint density at radius 3 is 2.80 bits per heavy atom. The molecule has 2 aromatic rings. The van der Waals surface area contributed by atoms with Crippen molar-refractivity contribution in [3.05, 3.63) is 36.0 Å². The predicted octanol–water partition coefficient (Wildman–Crippen LogP) is 2.35. The molecule has 25 heavy (non-hydrogen) atoms. The van der Waals surface area contributed by atoms with Gasteiger partial charge in [0.1, 0.15) is 5.75 Å². The molecule has 1 amide bonds. The molecule has 0 spiro atoms. The van der Waals surface area contributed by atoms with Crippen molar-refractivity contribution in [2.75, 3.05) is 12.4 Å². The van der Waals surface area contributed by atoms with Gasteiger partial charge in [0.2, 0.25) is 5.91 Å². The van der Waals surface area contributed by atoms with Gasteiger partial charge in [0, 0.05) is 0 Å². The summed E-state index contributed by atoms with van der Waals surface area (Å²) in [4.78, 5) is 27.7. The molecule has 1 N–H and O–H groups in total. The van der Waals surface area contributed by atoms with E-state index in [0.29, 0.717) is 17.9 Å². The first-order chi connectivity index (χ1) is 12.0. The second-order valence-corrected chi connectivity index (χ2v) is 5.45. The van der Waals surface area contributed by atoms with Gasteiger partial charge in [-0.25, -0.2) is 0 Å². The number of rotatable bonds is 8. The van der Waals surface area contributed by atoms with Crippen LogP contribution in [0.5, 0.6) is 5.75 Å². The molecular weight excluding hydrogens is 326 g/mol. The maximum absolute atomic E-state index is 12.1. The number of hydrogen-bond donors (Lipinski definition) is 1. The van der Waals surface area contributed by atoms with E-state index < -0.39 is 0 Å². The molecule has 0 aliphatic rings. The summed E-state index contributed by atoms with van der Waals surface area (Å²) < 4.78 is 15.2. The van der Waals surface area contributed by atoms with E-state index in [0.717, 1.165) is 0 Å². The average Bonchev–Trinajstić information content (AvgIpc) is 3.06. The van der Waals surface area contributed by atoms with Crippen LogP contribution in [-0.4, -0.2) is 29.1 Å². The molecule has 1 aromatic carbocycles. The third kappa shape index (κ3) is 5.30. The molecule has 0 saturated heterocycles. The van der Waals surface area contributed by atoms with Gasteiger partial charge in [0.05, 0.1) is 25.1 Å². The van der Waals surface area contributed by atoms with Crippen LogP contribution in [0.15, 0.2) is 28.8 Å². The highest BCUT2D eigenvalue weighted by Crippen LogP contribution is 2.23. The van der Waals surface area contributed by atoms with Crippen molar-refractivity contribution >= 4 is 17.6 Å². The van der Waals surface area contributed by atoms with Crippen LogP contribution in [0.1, 0.15) is 32.0 Å². The lowest BCUT2D eigenvalue weighted by Crippen LogP contribution is -2.16. The van der Waals surface area contributed by atoms with E-state index in [1.165, 1.54) is 7.11 Å². The molecule has 0 bridgehead atoms. The number of ether oxygens (including phenoxy) is 2. The number of anilines is 1. The largest absolute Gasteiger partial charge is 0.495 e. The van der Waals surface area contributed by atoms with Gasteiger partial charge in [0.25, 0.3) is 5.89 Å². The Labute approximate surface area is 145 Å². The molecule has 1 unspecified atom stereocenters. The number of hydrogen-bond acceptors (Lipinski definition) is 7. The lowest BCUT2D eigenvalue weighted by molar-refractivity contribution is -0.150. The van der Waals surface area contributed by atoms with Gasteiger partial charge >= 0.3 is 5.97 Å². The number of nitrogens with zero attached hydrogens (tertiary/aromatic N) is 2. The first kappa shape index (κ1) is 18.4. The Morgan fingerprint density at radius 1 is 1.32 bits per heavy atom. The fourth-order valence-electron chi connectivity index (χ4n) is 1.95. The number of benzene rings is 1. The lowest BCUT2D eigenvalue weighted by atomic mass is 10.1.